The predicted octanol–water partition coefficient (Wildman–Crippen LogP) is 3.43. The molecule has 0 radical (unpaired) electrons. The van der Waals surface area contributed by atoms with Gasteiger partial charge in [0.2, 0.25) is 0 Å². The number of ether oxygens (including phenoxy) is 1. The molecule has 1 fully saturated rings. The lowest BCUT2D eigenvalue weighted by Gasteiger charge is -2.34. The number of hydrogen-bond acceptors (Lipinski definition) is 5. The van der Waals surface area contributed by atoms with Gasteiger partial charge in [0.05, 0.1) is 25.0 Å². The molecule has 1 N–H and O–H groups in total. The van der Waals surface area contributed by atoms with Crippen LogP contribution in [-0.4, -0.2) is 58.4 Å². The largest absolute Gasteiger partial charge is 0.370 e. The molecule has 1 aliphatic heterocycles. The molecule has 0 amide bonds. The van der Waals surface area contributed by atoms with Gasteiger partial charge in [-0.2, -0.15) is 5.10 Å². The van der Waals surface area contributed by atoms with Gasteiger partial charge in [-0.3, -0.25) is 9.67 Å². The van der Waals surface area contributed by atoms with E-state index in [-0.39, 0.29) is 6.10 Å². The minimum atomic E-state index is 0.0157. The van der Waals surface area contributed by atoms with Crippen LogP contribution in [0.2, 0.25) is 0 Å². The maximum Gasteiger partial charge on any atom is 0.194 e. The van der Waals surface area contributed by atoms with Gasteiger partial charge in [0.15, 0.2) is 5.96 Å². The molecule has 1 aliphatic rings. The summed E-state index contributed by atoms with van der Waals surface area (Å²) >= 11 is 1.70. The topological polar surface area (TPSA) is 67.6 Å². The second-order valence-corrected chi connectivity index (χ2v) is 8.61. The van der Waals surface area contributed by atoms with Crippen molar-refractivity contribution in [1.29, 1.82) is 0 Å². The molecule has 1 saturated heterocycles. The van der Waals surface area contributed by atoms with Crippen molar-refractivity contribution in [3.8, 4) is 10.6 Å². The molecule has 0 bridgehead atoms. The Bertz CT molecular complexity index is 1010. The molecule has 4 rings (SSSR count). The van der Waals surface area contributed by atoms with Crippen molar-refractivity contribution in [3.05, 3.63) is 58.9 Å². The molecule has 1 aromatic carbocycles. The summed E-state index contributed by atoms with van der Waals surface area (Å²) in [6.07, 6.45) is 4.74. The Labute approximate surface area is 187 Å². The summed E-state index contributed by atoms with van der Waals surface area (Å²) in [6, 6.07) is 8.53. The van der Waals surface area contributed by atoms with E-state index in [2.05, 4.69) is 58.8 Å². The Balaban J connectivity index is 1.38. The van der Waals surface area contributed by atoms with E-state index in [0.29, 0.717) is 13.2 Å². The van der Waals surface area contributed by atoms with Crippen LogP contribution in [-0.2, 0) is 18.2 Å². The molecule has 1 unspecified atom stereocenters. The van der Waals surface area contributed by atoms with Crippen LogP contribution in [0.15, 0.2) is 47.0 Å². The predicted molar refractivity (Wildman–Crippen MR) is 125 cm³/mol. The molecule has 2 aromatic heterocycles. The van der Waals surface area contributed by atoms with Crippen LogP contribution in [0.3, 0.4) is 0 Å². The summed E-state index contributed by atoms with van der Waals surface area (Å²) in [5.74, 6) is 0.939. The summed E-state index contributed by atoms with van der Waals surface area (Å²) in [6.45, 7) is 8.02. The highest BCUT2D eigenvalue weighted by Gasteiger charge is 2.25. The van der Waals surface area contributed by atoms with E-state index in [9.17, 15) is 0 Å². The molecule has 0 saturated carbocycles. The molecule has 0 aliphatic carbocycles. The van der Waals surface area contributed by atoms with E-state index in [1.165, 1.54) is 11.1 Å². The smallest absolute Gasteiger partial charge is 0.194 e. The van der Waals surface area contributed by atoms with E-state index in [4.69, 9.17) is 14.7 Å². The minimum Gasteiger partial charge on any atom is -0.370 e. The fourth-order valence-electron chi connectivity index (χ4n) is 3.60. The number of aromatic nitrogens is 3. The second-order valence-electron chi connectivity index (χ2n) is 7.75. The van der Waals surface area contributed by atoms with Gasteiger partial charge in [0, 0.05) is 55.8 Å². The number of thiazole rings is 1. The summed E-state index contributed by atoms with van der Waals surface area (Å²) in [4.78, 5) is 12.0. The number of aliphatic imine (C=N–C) groups is 1. The van der Waals surface area contributed by atoms with Crippen molar-refractivity contribution in [3.63, 3.8) is 0 Å². The lowest BCUT2D eigenvalue weighted by Crippen LogP contribution is -2.48. The van der Waals surface area contributed by atoms with Crippen LogP contribution in [0.5, 0.6) is 0 Å². The Morgan fingerprint density at radius 3 is 2.90 bits per heavy atom. The van der Waals surface area contributed by atoms with Crippen molar-refractivity contribution in [2.45, 2.75) is 26.4 Å². The second kappa shape index (κ2) is 10.1. The van der Waals surface area contributed by atoms with E-state index in [1.807, 2.05) is 24.1 Å². The molecule has 3 heterocycles. The number of rotatable bonds is 6. The van der Waals surface area contributed by atoms with E-state index >= 15 is 0 Å². The highest BCUT2D eigenvalue weighted by atomic mass is 32.1. The van der Waals surface area contributed by atoms with Crippen LogP contribution in [0.25, 0.3) is 10.6 Å². The third kappa shape index (κ3) is 5.51. The van der Waals surface area contributed by atoms with Gasteiger partial charge in [-0.05, 0) is 13.8 Å². The zero-order chi connectivity index (χ0) is 21.6. The van der Waals surface area contributed by atoms with Gasteiger partial charge in [0.1, 0.15) is 11.1 Å². The molecule has 0 spiro atoms. The molecule has 164 valence electrons. The van der Waals surface area contributed by atoms with Crippen molar-refractivity contribution in [2.24, 2.45) is 12.0 Å². The lowest BCUT2D eigenvalue weighted by molar-refractivity contribution is -0.00803. The summed E-state index contributed by atoms with van der Waals surface area (Å²) in [5, 5.41) is 10.9. The maximum atomic E-state index is 5.98. The maximum absolute atomic E-state index is 5.98. The SMILES string of the molecule is CCNC(=NCCc1csc(-c2ccc(C)cc2)n1)N1CCOC(c2cnn(C)c2)C1. The number of benzene rings is 1. The van der Waals surface area contributed by atoms with Gasteiger partial charge < -0.3 is 15.0 Å². The standard InChI is InChI=1S/C23H30N6OS/c1-4-24-23(29-11-12-30-21(15-29)19-13-26-28(3)14-19)25-10-9-20-16-31-22(27-20)18-7-5-17(2)6-8-18/h5-8,13-14,16,21H,4,9-12,15H2,1-3H3,(H,24,25). The molecule has 7 nitrogen and oxygen atoms in total. The number of nitrogens with zero attached hydrogens (tertiary/aromatic N) is 5. The van der Waals surface area contributed by atoms with Crippen molar-refractivity contribution in [1.82, 2.24) is 25.0 Å². The first kappa shape index (κ1) is 21.5. The van der Waals surface area contributed by atoms with Crippen LogP contribution >= 0.6 is 11.3 Å². The molecule has 31 heavy (non-hydrogen) atoms. The van der Waals surface area contributed by atoms with Crippen LogP contribution in [0.4, 0.5) is 0 Å². The van der Waals surface area contributed by atoms with Crippen molar-refractivity contribution >= 4 is 17.3 Å². The lowest BCUT2D eigenvalue weighted by atomic mass is 10.1. The first-order valence-corrected chi connectivity index (χ1v) is 11.6. The third-order valence-electron chi connectivity index (χ3n) is 5.28. The number of hydrogen-bond donors (Lipinski definition) is 1. The normalized spacial score (nSPS) is 17.2. The zero-order valence-electron chi connectivity index (χ0n) is 18.4. The summed E-state index contributed by atoms with van der Waals surface area (Å²) in [5.41, 5.74) is 4.64. The first-order chi connectivity index (χ1) is 15.1. The Morgan fingerprint density at radius 2 is 2.16 bits per heavy atom. The van der Waals surface area contributed by atoms with Crippen molar-refractivity contribution < 1.29 is 4.74 Å². The average Bonchev–Trinajstić information content (AvgIpc) is 3.43. The van der Waals surface area contributed by atoms with Gasteiger partial charge >= 0.3 is 0 Å². The Kier molecular flexibility index (Phi) is 6.99. The van der Waals surface area contributed by atoms with Crippen LogP contribution < -0.4 is 5.32 Å². The van der Waals surface area contributed by atoms with Crippen LogP contribution in [0.1, 0.15) is 29.8 Å². The molecule has 8 heteroatoms. The summed E-state index contributed by atoms with van der Waals surface area (Å²) in [7, 11) is 1.93. The third-order valence-corrected chi connectivity index (χ3v) is 6.22. The molecular weight excluding hydrogens is 408 g/mol. The molecule has 1 atom stereocenters. The highest BCUT2D eigenvalue weighted by molar-refractivity contribution is 7.13. The van der Waals surface area contributed by atoms with Gasteiger partial charge in [0.25, 0.3) is 0 Å². The number of nitrogens with one attached hydrogen (secondary N) is 1. The fourth-order valence-corrected chi connectivity index (χ4v) is 4.46. The van der Waals surface area contributed by atoms with E-state index in [1.54, 1.807) is 11.3 Å². The van der Waals surface area contributed by atoms with E-state index < -0.39 is 0 Å². The van der Waals surface area contributed by atoms with Gasteiger partial charge in [-0.25, -0.2) is 4.98 Å². The van der Waals surface area contributed by atoms with Gasteiger partial charge in [-0.15, -0.1) is 11.3 Å². The average molecular weight is 439 g/mol. The van der Waals surface area contributed by atoms with Gasteiger partial charge in [-0.1, -0.05) is 29.8 Å². The van der Waals surface area contributed by atoms with Crippen molar-refractivity contribution in [2.75, 3.05) is 32.8 Å². The minimum absolute atomic E-state index is 0.0157. The quantitative estimate of drug-likeness (QED) is 0.472. The highest BCUT2D eigenvalue weighted by Crippen LogP contribution is 2.24. The summed E-state index contributed by atoms with van der Waals surface area (Å²) < 4.78 is 7.79. The number of morpholine rings is 1. The molecule has 3 aromatic rings. The fraction of sp³-hybridized carbons (Fsp3) is 0.435. The molecular formula is C23H30N6OS. The monoisotopic (exact) mass is 438 g/mol. The van der Waals surface area contributed by atoms with E-state index in [0.717, 1.165) is 48.3 Å². The Morgan fingerprint density at radius 1 is 1.32 bits per heavy atom. The Hall–Kier alpha value is -2.71. The number of aryl methyl sites for hydroxylation is 2. The number of guanidine groups is 1. The first-order valence-electron chi connectivity index (χ1n) is 10.8. The van der Waals surface area contributed by atoms with Crippen LogP contribution in [0, 0.1) is 6.92 Å². The zero-order valence-corrected chi connectivity index (χ0v) is 19.2.